The summed E-state index contributed by atoms with van der Waals surface area (Å²) in [6, 6.07) is 17.4. The molecular weight excluding hydrogens is 396 g/mol. The van der Waals surface area contributed by atoms with Gasteiger partial charge in [-0.15, -0.1) is 0 Å². The average molecular weight is 431 g/mol. The molecule has 1 aliphatic heterocycles. The van der Waals surface area contributed by atoms with E-state index >= 15 is 0 Å². The molecule has 4 rings (SSSR count). The molecule has 0 spiro atoms. The summed E-state index contributed by atoms with van der Waals surface area (Å²) in [7, 11) is 1.83. The number of imidazole rings is 1. The van der Waals surface area contributed by atoms with E-state index in [-0.39, 0.29) is 0 Å². The van der Waals surface area contributed by atoms with Gasteiger partial charge in [-0.1, -0.05) is 55.0 Å². The Kier molecular flexibility index (Phi) is 7.93. The highest BCUT2D eigenvalue weighted by Gasteiger charge is 2.10. The van der Waals surface area contributed by atoms with Gasteiger partial charge in [-0.3, -0.25) is 4.99 Å². The average Bonchev–Trinajstić information content (AvgIpc) is 3.36. The molecule has 0 amide bonds. The van der Waals surface area contributed by atoms with Crippen LogP contribution in [0.2, 0.25) is 0 Å². The second-order valence-corrected chi connectivity index (χ2v) is 8.34. The van der Waals surface area contributed by atoms with Crippen LogP contribution in [0, 0.1) is 0 Å². The number of hydrogen-bond donors (Lipinski definition) is 2. The number of nitrogens with zero attached hydrogens (tertiary/aromatic N) is 4. The minimum absolute atomic E-state index is 0.732. The van der Waals surface area contributed by atoms with Crippen molar-refractivity contribution < 1.29 is 0 Å². The Labute approximate surface area is 191 Å². The topological polar surface area (TPSA) is 57.5 Å². The Hall–Kier alpha value is -3.12. The maximum absolute atomic E-state index is 4.40. The first-order valence-corrected chi connectivity index (χ1v) is 11.6. The highest BCUT2D eigenvalue weighted by molar-refractivity contribution is 5.80. The SMILES string of the molecule is CN=C(NCCN1CCCCC1)NCc1ccccc1-c1ccc(Cn2ccnc2)cc1. The van der Waals surface area contributed by atoms with Gasteiger partial charge in [0.25, 0.3) is 0 Å². The lowest BCUT2D eigenvalue weighted by molar-refractivity contribution is 0.232. The molecule has 0 aliphatic carbocycles. The maximum Gasteiger partial charge on any atom is 0.191 e. The Bertz CT molecular complexity index is 972. The zero-order valence-corrected chi connectivity index (χ0v) is 19.0. The van der Waals surface area contributed by atoms with Crippen LogP contribution in [0.5, 0.6) is 0 Å². The third-order valence-electron chi connectivity index (χ3n) is 6.05. The predicted octanol–water partition coefficient (Wildman–Crippen LogP) is 3.75. The van der Waals surface area contributed by atoms with Crippen LogP contribution in [0.1, 0.15) is 30.4 Å². The molecule has 0 atom stereocenters. The Balaban J connectivity index is 1.33. The minimum Gasteiger partial charge on any atom is -0.355 e. The largest absolute Gasteiger partial charge is 0.355 e. The molecule has 1 fully saturated rings. The summed E-state index contributed by atoms with van der Waals surface area (Å²) in [5.74, 6) is 0.854. The van der Waals surface area contributed by atoms with E-state index in [1.807, 2.05) is 25.8 Å². The lowest BCUT2D eigenvalue weighted by atomic mass is 9.98. The van der Waals surface area contributed by atoms with E-state index in [2.05, 4.69) is 78.6 Å². The van der Waals surface area contributed by atoms with Gasteiger partial charge in [-0.05, 0) is 48.2 Å². The van der Waals surface area contributed by atoms with Crippen molar-refractivity contribution in [3.05, 3.63) is 78.4 Å². The van der Waals surface area contributed by atoms with Crippen LogP contribution in [0.4, 0.5) is 0 Å². The van der Waals surface area contributed by atoms with Gasteiger partial charge in [0.2, 0.25) is 0 Å². The Morgan fingerprint density at radius 2 is 1.81 bits per heavy atom. The fraction of sp³-hybridized carbons (Fsp3) is 0.385. The van der Waals surface area contributed by atoms with Gasteiger partial charge < -0.3 is 20.1 Å². The fourth-order valence-corrected chi connectivity index (χ4v) is 4.25. The minimum atomic E-state index is 0.732. The lowest BCUT2D eigenvalue weighted by Gasteiger charge is -2.26. The van der Waals surface area contributed by atoms with Crippen LogP contribution in [-0.2, 0) is 13.1 Å². The highest BCUT2D eigenvalue weighted by atomic mass is 15.2. The maximum atomic E-state index is 4.40. The van der Waals surface area contributed by atoms with Crippen molar-refractivity contribution >= 4 is 5.96 Å². The summed E-state index contributed by atoms with van der Waals surface area (Å²) >= 11 is 0. The van der Waals surface area contributed by atoms with Gasteiger partial charge >= 0.3 is 0 Å². The predicted molar refractivity (Wildman–Crippen MR) is 132 cm³/mol. The third-order valence-corrected chi connectivity index (χ3v) is 6.05. The van der Waals surface area contributed by atoms with E-state index in [4.69, 9.17) is 0 Å². The summed E-state index contributed by atoms with van der Waals surface area (Å²) in [6.07, 6.45) is 9.68. The number of guanidine groups is 1. The van der Waals surface area contributed by atoms with Crippen molar-refractivity contribution in [1.29, 1.82) is 0 Å². The molecule has 32 heavy (non-hydrogen) atoms. The zero-order chi connectivity index (χ0) is 22.0. The van der Waals surface area contributed by atoms with Crippen LogP contribution < -0.4 is 10.6 Å². The number of hydrogen-bond acceptors (Lipinski definition) is 3. The van der Waals surface area contributed by atoms with Crippen molar-refractivity contribution in [2.75, 3.05) is 33.2 Å². The van der Waals surface area contributed by atoms with Crippen molar-refractivity contribution in [1.82, 2.24) is 25.1 Å². The molecule has 2 aromatic carbocycles. The molecule has 0 saturated carbocycles. The van der Waals surface area contributed by atoms with Crippen molar-refractivity contribution in [2.45, 2.75) is 32.4 Å². The van der Waals surface area contributed by atoms with Gasteiger partial charge in [-0.2, -0.15) is 0 Å². The Morgan fingerprint density at radius 1 is 1.00 bits per heavy atom. The normalized spacial score (nSPS) is 15.0. The number of likely N-dealkylation sites (tertiary alicyclic amines) is 1. The van der Waals surface area contributed by atoms with E-state index in [0.717, 1.165) is 32.1 Å². The number of rotatable bonds is 8. The summed E-state index contributed by atoms with van der Waals surface area (Å²) in [4.78, 5) is 11.1. The quantitative estimate of drug-likeness (QED) is 0.422. The van der Waals surface area contributed by atoms with Crippen LogP contribution in [-0.4, -0.2) is 53.6 Å². The molecule has 0 bridgehead atoms. The van der Waals surface area contributed by atoms with E-state index in [1.165, 1.54) is 54.6 Å². The molecule has 1 aliphatic rings. The summed E-state index contributed by atoms with van der Waals surface area (Å²) in [5, 5.41) is 6.95. The summed E-state index contributed by atoms with van der Waals surface area (Å²) in [6.45, 7) is 6.01. The molecule has 3 aromatic rings. The van der Waals surface area contributed by atoms with Gasteiger partial charge in [0.05, 0.1) is 6.33 Å². The molecule has 0 radical (unpaired) electrons. The van der Waals surface area contributed by atoms with Crippen LogP contribution in [0.15, 0.2) is 72.2 Å². The highest BCUT2D eigenvalue weighted by Crippen LogP contribution is 2.24. The Morgan fingerprint density at radius 3 is 2.56 bits per heavy atom. The second-order valence-electron chi connectivity index (χ2n) is 8.34. The number of piperidine rings is 1. The van der Waals surface area contributed by atoms with Gasteiger partial charge in [0.1, 0.15) is 0 Å². The van der Waals surface area contributed by atoms with E-state index in [9.17, 15) is 0 Å². The fourth-order valence-electron chi connectivity index (χ4n) is 4.25. The van der Waals surface area contributed by atoms with Crippen molar-refractivity contribution in [3.63, 3.8) is 0 Å². The second kappa shape index (κ2) is 11.5. The van der Waals surface area contributed by atoms with Gasteiger partial charge in [0.15, 0.2) is 5.96 Å². The van der Waals surface area contributed by atoms with Crippen LogP contribution in [0.3, 0.4) is 0 Å². The molecule has 6 nitrogen and oxygen atoms in total. The van der Waals surface area contributed by atoms with Crippen molar-refractivity contribution in [3.8, 4) is 11.1 Å². The summed E-state index contributed by atoms with van der Waals surface area (Å²) < 4.78 is 2.08. The number of nitrogens with one attached hydrogen (secondary N) is 2. The number of aromatic nitrogens is 2. The van der Waals surface area contributed by atoms with Gasteiger partial charge in [-0.25, -0.2) is 4.98 Å². The molecule has 168 valence electrons. The zero-order valence-electron chi connectivity index (χ0n) is 19.0. The first kappa shape index (κ1) is 22.1. The van der Waals surface area contributed by atoms with E-state index < -0.39 is 0 Å². The molecule has 6 heteroatoms. The third kappa shape index (κ3) is 6.20. The molecule has 2 N–H and O–H groups in total. The number of benzene rings is 2. The van der Waals surface area contributed by atoms with Crippen LogP contribution >= 0.6 is 0 Å². The van der Waals surface area contributed by atoms with Crippen molar-refractivity contribution in [2.24, 2.45) is 4.99 Å². The monoisotopic (exact) mass is 430 g/mol. The molecule has 0 unspecified atom stereocenters. The number of aliphatic imine (C=N–C) groups is 1. The lowest BCUT2D eigenvalue weighted by Crippen LogP contribution is -2.42. The first-order chi connectivity index (χ1) is 15.8. The molecule has 2 heterocycles. The molecule has 1 saturated heterocycles. The first-order valence-electron chi connectivity index (χ1n) is 11.6. The van der Waals surface area contributed by atoms with Gasteiger partial charge in [0, 0.05) is 45.6 Å². The summed E-state index contributed by atoms with van der Waals surface area (Å²) in [5.41, 5.74) is 5.00. The van der Waals surface area contributed by atoms with Crippen LogP contribution in [0.25, 0.3) is 11.1 Å². The standard InChI is InChI=1S/C26H34N6/c1-27-26(29-14-18-31-15-5-2-6-16-31)30-19-24-7-3-4-8-25(24)23-11-9-22(10-12-23)20-32-17-13-28-21-32/h3-4,7-13,17,21H,2,5-6,14-16,18-20H2,1H3,(H2,27,29,30). The van der Waals surface area contributed by atoms with E-state index in [1.54, 1.807) is 0 Å². The smallest absolute Gasteiger partial charge is 0.191 e. The van der Waals surface area contributed by atoms with E-state index in [0.29, 0.717) is 0 Å². The molecule has 1 aromatic heterocycles. The molecular formula is C26H34N6.